The molecule has 0 saturated heterocycles. The van der Waals surface area contributed by atoms with Crippen LogP contribution >= 0.6 is 0 Å². The summed E-state index contributed by atoms with van der Waals surface area (Å²) in [7, 11) is 0. The van der Waals surface area contributed by atoms with Crippen LogP contribution < -0.4 is 44.9 Å². The van der Waals surface area contributed by atoms with Crippen molar-refractivity contribution in [2.24, 2.45) is 0 Å². The molecule has 0 amide bonds. The van der Waals surface area contributed by atoms with E-state index in [9.17, 15) is 34.5 Å². The zero-order valence-corrected chi connectivity index (χ0v) is 15.9. The number of hydrogen-bond donors (Lipinski definition) is 1. The van der Waals surface area contributed by atoms with Gasteiger partial charge in [0.05, 0.1) is 24.5 Å². The van der Waals surface area contributed by atoms with Gasteiger partial charge in [-0.3, -0.25) is 14.6 Å². The van der Waals surface area contributed by atoms with Crippen LogP contribution in [0.2, 0.25) is 0 Å². The van der Waals surface area contributed by atoms with Crippen LogP contribution in [0.15, 0.2) is 0 Å². The van der Waals surface area contributed by atoms with E-state index < -0.39 is 50.1 Å². The van der Waals surface area contributed by atoms with Gasteiger partial charge < -0.3 is 45.8 Å². The van der Waals surface area contributed by atoms with Crippen molar-refractivity contribution < 1.29 is 97.2 Å². The first kappa shape index (κ1) is 34.6. The molecule has 0 radical (unpaired) electrons. The third-order valence-electron chi connectivity index (χ3n) is 2.15. The second-order valence-electron chi connectivity index (χ2n) is 3.93. The molecule has 136 valence electrons. The zero-order chi connectivity index (χ0) is 15.7. The topological polar surface area (TPSA) is 227 Å². The monoisotopic (exact) mass is 404 g/mol. The number of carboxylic acids is 4. The normalized spacial score (nSPS) is 8.92. The van der Waals surface area contributed by atoms with E-state index in [1.807, 2.05) is 0 Å². The van der Waals surface area contributed by atoms with Crippen molar-refractivity contribution in [1.29, 1.82) is 0 Å². The number of rotatable bonds is 11. The van der Waals surface area contributed by atoms with Crippen molar-refractivity contribution in [3.8, 4) is 0 Å². The summed E-state index contributed by atoms with van der Waals surface area (Å²) < 4.78 is 0. The van der Waals surface area contributed by atoms with Crippen molar-refractivity contribution in [3.05, 3.63) is 0 Å². The maximum Gasteiger partial charge on any atom is 2.00 e. The summed E-state index contributed by atoms with van der Waals surface area (Å²) >= 11 is 0. The maximum absolute atomic E-state index is 10.5. The molecule has 0 saturated carbocycles. The van der Waals surface area contributed by atoms with E-state index >= 15 is 0 Å². The fourth-order valence-corrected chi connectivity index (χ4v) is 1.45. The third-order valence-corrected chi connectivity index (χ3v) is 2.15. The van der Waals surface area contributed by atoms with Gasteiger partial charge in [0, 0.05) is 32.7 Å². The van der Waals surface area contributed by atoms with Crippen LogP contribution in [-0.2, 0) is 36.2 Å². The summed E-state index contributed by atoms with van der Waals surface area (Å²) in [6.45, 7) is -3.00. The van der Waals surface area contributed by atoms with Gasteiger partial charge in [0.25, 0.3) is 0 Å². The standard InChI is InChI=1S/C10H16N2O8.Fe.Na.2H2O/c13-7(14)3-11(4-8(15)16)1-2-12(5-9(17)18)6-10(19)20;;;;/h1-6H2,(H,13,14)(H,15,16)(H,17,18)(H,19,20);;;2*1H2/q;+2;+1;;/p-3. The molecule has 0 aliphatic rings. The quantitative estimate of drug-likeness (QED) is 0.320. The van der Waals surface area contributed by atoms with E-state index in [4.69, 9.17) is 5.11 Å². The first-order valence-electron chi connectivity index (χ1n) is 5.46. The molecular weight excluding hydrogens is 387 g/mol. The molecule has 0 fully saturated rings. The summed E-state index contributed by atoms with van der Waals surface area (Å²) in [4.78, 5) is 43.7. The second-order valence-corrected chi connectivity index (χ2v) is 3.93. The Kier molecular flexibility index (Phi) is 26.7. The van der Waals surface area contributed by atoms with E-state index in [0.717, 1.165) is 9.80 Å². The van der Waals surface area contributed by atoms with Crippen LogP contribution in [0.5, 0.6) is 0 Å². The minimum atomic E-state index is -1.52. The summed E-state index contributed by atoms with van der Waals surface area (Å²) in [5, 5.41) is 39.8. The van der Waals surface area contributed by atoms with Crippen LogP contribution in [0.3, 0.4) is 0 Å². The summed E-state index contributed by atoms with van der Waals surface area (Å²) in [5.41, 5.74) is 0. The fraction of sp³-hybridized carbons (Fsp3) is 0.600. The number of carboxylic acid groups (broad SMARTS) is 4. The molecule has 0 heterocycles. The number of aliphatic carboxylic acids is 4. The van der Waals surface area contributed by atoms with E-state index in [2.05, 4.69) is 0 Å². The fourth-order valence-electron chi connectivity index (χ4n) is 1.45. The molecule has 5 N–H and O–H groups in total. The molecule has 0 aromatic carbocycles. The van der Waals surface area contributed by atoms with Crippen LogP contribution in [0.4, 0.5) is 0 Å². The summed E-state index contributed by atoms with van der Waals surface area (Å²) in [6.07, 6.45) is 0. The average molecular weight is 404 g/mol. The molecular formula is C10H17FeN2NaO10. The number of carbonyl (C=O) groups excluding carboxylic acids is 3. The summed E-state index contributed by atoms with van der Waals surface area (Å²) in [5.74, 6) is -5.82. The Morgan fingerprint density at radius 2 is 0.958 bits per heavy atom. The minimum absolute atomic E-state index is 0. The molecule has 0 unspecified atom stereocenters. The Morgan fingerprint density at radius 3 is 1.17 bits per heavy atom. The molecule has 0 aliphatic carbocycles. The van der Waals surface area contributed by atoms with Crippen molar-refractivity contribution in [2.75, 3.05) is 39.3 Å². The van der Waals surface area contributed by atoms with Gasteiger partial charge in [-0.05, 0) is 0 Å². The van der Waals surface area contributed by atoms with Gasteiger partial charge in [-0.1, -0.05) is 0 Å². The average Bonchev–Trinajstić information content (AvgIpc) is 2.22. The molecule has 0 aromatic heterocycles. The predicted octanol–water partition coefficient (Wildman–Crippen LogP) is -10.7. The molecule has 0 aromatic rings. The van der Waals surface area contributed by atoms with Crippen molar-refractivity contribution >= 4 is 23.9 Å². The van der Waals surface area contributed by atoms with Gasteiger partial charge >= 0.3 is 52.6 Å². The van der Waals surface area contributed by atoms with Crippen LogP contribution in [0.25, 0.3) is 0 Å². The van der Waals surface area contributed by atoms with Gasteiger partial charge in [-0.2, -0.15) is 0 Å². The number of nitrogens with zero attached hydrogens (tertiary/aromatic N) is 2. The Morgan fingerprint density at radius 1 is 0.708 bits per heavy atom. The maximum atomic E-state index is 10.5. The van der Waals surface area contributed by atoms with Gasteiger partial charge in [0.1, 0.15) is 0 Å². The Bertz CT molecular complexity index is 330. The minimum Gasteiger partial charge on any atom is -0.549 e. The number of carbonyl (C=O) groups is 4. The van der Waals surface area contributed by atoms with Crippen molar-refractivity contribution in [2.45, 2.75) is 0 Å². The first-order valence-corrected chi connectivity index (χ1v) is 5.46. The smallest absolute Gasteiger partial charge is 0.549 e. The molecule has 0 bridgehead atoms. The van der Waals surface area contributed by atoms with Crippen molar-refractivity contribution in [3.63, 3.8) is 0 Å². The van der Waals surface area contributed by atoms with Gasteiger partial charge in [-0.15, -0.1) is 0 Å². The summed E-state index contributed by atoms with van der Waals surface area (Å²) in [6, 6.07) is 0. The van der Waals surface area contributed by atoms with Gasteiger partial charge in [-0.25, -0.2) is 0 Å². The second kappa shape index (κ2) is 18.6. The van der Waals surface area contributed by atoms with E-state index in [1.165, 1.54) is 0 Å². The van der Waals surface area contributed by atoms with Crippen LogP contribution in [-0.4, -0.2) is 89.0 Å². The third kappa shape index (κ3) is 21.2. The molecule has 0 spiro atoms. The largest absolute Gasteiger partial charge is 2.00 e. The molecule has 0 rings (SSSR count). The Labute approximate surface area is 169 Å². The molecule has 24 heavy (non-hydrogen) atoms. The first-order chi connectivity index (χ1) is 9.20. The number of hydrogen-bond acceptors (Lipinski definition) is 9. The Hall–Kier alpha value is -0.761. The van der Waals surface area contributed by atoms with E-state index in [0.29, 0.717) is 0 Å². The van der Waals surface area contributed by atoms with Crippen LogP contribution in [0, 0.1) is 0 Å². The molecule has 12 nitrogen and oxygen atoms in total. The SMILES string of the molecule is O.O.O=C([O-])CN(CCN(CC(=O)[O-])CC(=O)O)CC(=O)[O-].[Fe+2].[Na+]. The Balaban J connectivity index is -0.000000301. The molecule has 0 atom stereocenters. The van der Waals surface area contributed by atoms with E-state index in [1.54, 1.807) is 0 Å². The predicted molar refractivity (Wildman–Crippen MR) is 62.8 cm³/mol. The van der Waals surface area contributed by atoms with Crippen molar-refractivity contribution in [1.82, 2.24) is 9.80 Å². The van der Waals surface area contributed by atoms with Gasteiger partial charge in [0.2, 0.25) is 0 Å². The molecule has 14 heteroatoms. The molecule has 0 aliphatic heterocycles. The van der Waals surface area contributed by atoms with E-state index in [-0.39, 0.29) is 70.7 Å². The zero-order valence-electron chi connectivity index (χ0n) is 12.8. The van der Waals surface area contributed by atoms with Crippen LogP contribution in [0.1, 0.15) is 0 Å². The van der Waals surface area contributed by atoms with Gasteiger partial charge in [0.15, 0.2) is 0 Å².